The molecule has 2 amide bonds. The molecular weight excluding hydrogens is 588 g/mol. The monoisotopic (exact) mass is 638 g/mol. The van der Waals surface area contributed by atoms with Crippen LogP contribution in [0.2, 0.25) is 5.02 Å². The standard InChI is InChI=1S/C35H51ClN6O3/c1-34(2,3)45-33(44)40-17-15-28(16-18-40)39-31(19-25-9-11-27(36)12-10-25)32(43)42-29-13-14-30(42)21-35(20-29,22-41-24-37-23-38-41)26-7-5-4-6-8-26/h9-12,23-24,26,28-31,39H,4-8,13-22H2,1-3H3/t29?,30?,31-,35?/m1/s1. The Balaban J connectivity index is 1.18. The number of amides is 2. The Morgan fingerprint density at radius 2 is 1.67 bits per heavy atom. The smallest absolute Gasteiger partial charge is 0.410 e. The van der Waals surface area contributed by atoms with Crippen molar-refractivity contribution in [1.29, 1.82) is 0 Å². The van der Waals surface area contributed by atoms with Crippen LogP contribution in [0.15, 0.2) is 36.9 Å². The van der Waals surface area contributed by atoms with Gasteiger partial charge in [0.15, 0.2) is 0 Å². The van der Waals surface area contributed by atoms with Gasteiger partial charge in [0.05, 0.1) is 6.04 Å². The average molecular weight is 639 g/mol. The summed E-state index contributed by atoms with van der Waals surface area (Å²) in [4.78, 5) is 35.7. The first-order chi connectivity index (χ1) is 21.6. The lowest BCUT2D eigenvalue weighted by Gasteiger charge is -2.52. The zero-order valence-corrected chi connectivity index (χ0v) is 28.1. The van der Waals surface area contributed by atoms with E-state index in [1.807, 2.05) is 56.0 Å². The first kappa shape index (κ1) is 32.3. The maximum Gasteiger partial charge on any atom is 0.410 e. The van der Waals surface area contributed by atoms with Gasteiger partial charge in [-0.2, -0.15) is 5.10 Å². The van der Waals surface area contributed by atoms with Gasteiger partial charge in [0.1, 0.15) is 18.3 Å². The van der Waals surface area contributed by atoms with Crippen molar-refractivity contribution in [1.82, 2.24) is 29.9 Å². The van der Waals surface area contributed by atoms with Crippen molar-refractivity contribution in [3.63, 3.8) is 0 Å². The fraction of sp³-hybridized carbons (Fsp3) is 0.714. The van der Waals surface area contributed by atoms with Crippen LogP contribution in [0.3, 0.4) is 0 Å². The Morgan fingerprint density at radius 3 is 2.27 bits per heavy atom. The highest BCUT2D eigenvalue weighted by molar-refractivity contribution is 6.30. The molecule has 45 heavy (non-hydrogen) atoms. The van der Waals surface area contributed by atoms with E-state index >= 15 is 0 Å². The lowest BCUT2D eigenvalue weighted by molar-refractivity contribution is -0.143. The molecule has 6 rings (SSSR count). The molecule has 9 nitrogen and oxygen atoms in total. The second kappa shape index (κ2) is 13.6. The fourth-order valence-corrected chi connectivity index (χ4v) is 8.91. The van der Waals surface area contributed by atoms with Gasteiger partial charge in [-0.25, -0.2) is 9.78 Å². The van der Waals surface area contributed by atoms with Gasteiger partial charge in [0.2, 0.25) is 5.91 Å². The van der Waals surface area contributed by atoms with E-state index in [-0.39, 0.29) is 41.6 Å². The summed E-state index contributed by atoms with van der Waals surface area (Å²) in [5, 5.41) is 9.01. The summed E-state index contributed by atoms with van der Waals surface area (Å²) in [5.74, 6) is 0.902. The SMILES string of the molecule is CC(C)(C)OC(=O)N1CCC(N[C@H](Cc2ccc(Cl)cc2)C(=O)N2C3CCC2CC(Cn2cncn2)(C2CCCCC2)C3)CC1. The number of nitrogens with one attached hydrogen (secondary N) is 1. The van der Waals surface area contributed by atoms with E-state index in [2.05, 4.69) is 20.3 Å². The number of nitrogens with zero attached hydrogens (tertiary/aromatic N) is 5. The molecule has 1 aromatic carbocycles. The number of halogens is 1. The molecule has 0 spiro atoms. The number of piperidine rings is 2. The quantitative estimate of drug-likeness (QED) is 0.367. The van der Waals surface area contributed by atoms with E-state index in [0.29, 0.717) is 30.5 Å². The van der Waals surface area contributed by atoms with Gasteiger partial charge >= 0.3 is 6.09 Å². The van der Waals surface area contributed by atoms with Crippen LogP contribution in [-0.2, 0) is 22.5 Å². The second-order valence-corrected chi connectivity index (χ2v) is 15.6. The molecule has 10 heteroatoms. The Bertz CT molecular complexity index is 1270. The third-order valence-corrected chi connectivity index (χ3v) is 11.1. The highest BCUT2D eigenvalue weighted by Crippen LogP contribution is 2.54. The lowest BCUT2D eigenvalue weighted by atomic mass is 9.62. The van der Waals surface area contributed by atoms with E-state index in [4.69, 9.17) is 16.3 Å². The first-order valence-corrected chi connectivity index (χ1v) is 17.6. The Morgan fingerprint density at radius 1 is 1.00 bits per heavy atom. The van der Waals surface area contributed by atoms with Crippen molar-refractivity contribution < 1.29 is 14.3 Å². The molecular formula is C35H51ClN6O3. The summed E-state index contributed by atoms with van der Waals surface area (Å²) >= 11 is 6.21. The zero-order valence-electron chi connectivity index (χ0n) is 27.3. The third kappa shape index (κ3) is 7.67. The molecule has 1 N–H and O–H groups in total. The average Bonchev–Trinajstić information content (AvgIpc) is 3.62. The third-order valence-electron chi connectivity index (χ3n) is 10.8. The molecule has 3 atom stereocenters. The summed E-state index contributed by atoms with van der Waals surface area (Å²) in [5.41, 5.74) is 0.744. The Labute approximate surface area is 273 Å². The number of likely N-dealkylation sites (tertiary alicyclic amines) is 1. The summed E-state index contributed by atoms with van der Waals surface area (Å²) < 4.78 is 7.65. The van der Waals surface area contributed by atoms with Gasteiger partial charge in [-0.3, -0.25) is 9.48 Å². The van der Waals surface area contributed by atoms with E-state index in [9.17, 15) is 9.59 Å². The minimum Gasteiger partial charge on any atom is -0.444 e. The molecule has 4 aliphatic rings. The van der Waals surface area contributed by atoms with E-state index in [1.165, 1.54) is 32.1 Å². The number of carbonyl (C=O) groups is 2. The van der Waals surface area contributed by atoms with Crippen LogP contribution in [0.25, 0.3) is 0 Å². The zero-order chi connectivity index (χ0) is 31.6. The molecule has 3 aliphatic heterocycles. The summed E-state index contributed by atoms with van der Waals surface area (Å²) in [7, 11) is 0. The number of hydrogen-bond acceptors (Lipinski definition) is 6. The number of ether oxygens (including phenoxy) is 1. The van der Waals surface area contributed by atoms with Gasteiger partial charge in [0.25, 0.3) is 0 Å². The van der Waals surface area contributed by atoms with E-state index < -0.39 is 5.60 Å². The van der Waals surface area contributed by atoms with Crippen LogP contribution in [-0.4, -0.2) is 79.4 Å². The molecule has 1 aliphatic carbocycles. The molecule has 2 aromatic rings. The van der Waals surface area contributed by atoms with Crippen molar-refractivity contribution in [3.8, 4) is 0 Å². The van der Waals surface area contributed by atoms with Crippen molar-refractivity contribution >= 4 is 23.6 Å². The normalized spacial score (nSPS) is 27.0. The van der Waals surface area contributed by atoms with Crippen LogP contribution < -0.4 is 5.32 Å². The van der Waals surface area contributed by atoms with E-state index in [0.717, 1.165) is 50.6 Å². The minimum atomic E-state index is -0.514. The van der Waals surface area contributed by atoms with E-state index in [1.54, 1.807) is 11.2 Å². The Hall–Kier alpha value is -2.65. The molecule has 0 radical (unpaired) electrons. The predicted molar refractivity (Wildman–Crippen MR) is 175 cm³/mol. The summed E-state index contributed by atoms with van der Waals surface area (Å²) in [6.45, 7) is 7.83. The van der Waals surface area contributed by atoms with Gasteiger partial charge in [-0.1, -0.05) is 43.0 Å². The van der Waals surface area contributed by atoms with Gasteiger partial charge in [0, 0.05) is 42.8 Å². The summed E-state index contributed by atoms with van der Waals surface area (Å²) in [6, 6.07) is 8.22. The molecule has 246 valence electrons. The van der Waals surface area contributed by atoms with Crippen molar-refractivity contribution in [3.05, 3.63) is 47.5 Å². The highest BCUT2D eigenvalue weighted by Gasteiger charge is 2.54. The number of benzene rings is 1. The molecule has 1 saturated carbocycles. The van der Waals surface area contributed by atoms with Crippen LogP contribution in [0.5, 0.6) is 0 Å². The molecule has 2 bridgehead atoms. The topological polar surface area (TPSA) is 92.6 Å². The molecule has 4 fully saturated rings. The number of aromatic nitrogens is 3. The second-order valence-electron chi connectivity index (χ2n) is 15.1. The fourth-order valence-electron chi connectivity index (χ4n) is 8.78. The van der Waals surface area contributed by atoms with Crippen LogP contribution >= 0.6 is 11.6 Å². The summed E-state index contributed by atoms with van der Waals surface area (Å²) in [6.07, 6.45) is 16.2. The highest BCUT2D eigenvalue weighted by atomic mass is 35.5. The van der Waals surface area contributed by atoms with Crippen LogP contribution in [0.4, 0.5) is 4.79 Å². The number of carbonyl (C=O) groups excluding carboxylic acids is 2. The van der Waals surface area contributed by atoms with Crippen LogP contribution in [0, 0.1) is 11.3 Å². The number of rotatable bonds is 8. The molecule has 4 heterocycles. The number of fused-ring (bicyclic) bond motifs is 2. The Kier molecular flexibility index (Phi) is 9.76. The first-order valence-electron chi connectivity index (χ1n) is 17.2. The van der Waals surface area contributed by atoms with Gasteiger partial charge < -0.3 is 19.9 Å². The van der Waals surface area contributed by atoms with Gasteiger partial charge in [-0.15, -0.1) is 0 Å². The molecule has 2 unspecified atom stereocenters. The molecule has 1 aromatic heterocycles. The largest absolute Gasteiger partial charge is 0.444 e. The lowest BCUT2D eigenvalue weighted by Crippen LogP contribution is -2.60. The maximum atomic E-state index is 14.7. The minimum absolute atomic E-state index is 0.154. The molecule has 3 saturated heterocycles. The van der Waals surface area contributed by atoms with Crippen molar-refractivity contribution in [2.45, 2.75) is 134 Å². The number of hydrogen-bond donors (Lipinski definition) is 1. The van der Waals surface area contributed by atoms with Crippen molar-refractivity contribution in [2.24, 2.45) is 11.3 Å². The predicted octanol–water partition coefficient (Wildman–Crippen LogP) is 6.25. The van der Waals surface area contributed by atoms with Crippen LogP contribution in [0.1, 0.15) is 97.0 Å². The van der Waals surface area contributed by atoms with Crippen molar-refractivity contribution in [2.75, 3.05) is 13.1 Å². The maximum absolute atomic E-state index is 14.7. The van der Waals surface area contributed by atoms with Gasteiger partial charge in [-0.05, 0) is 108 Å².